The molecule has 0 saturated heterocycles. The van der Waals surface area contributed by atoms with Gasteiger partial charge in [0.05, 0.1) is 0 Å². The molecule has 0 spiro atoms. The van der Waals surface area contributed by atoms with Crippen LogP contribution in [-0.2, 0) is 25.7 Å². The lowest BCUT2D eigenvalue weighted by atomic mass is 9.80. The number of hydrogen-bond donors (Lipinski definition) is 0. The van der Waals surface area contributed by atoms with Crippen LogP contribution in [0.4, 0.5) is 0 Å². The summed E-state index contributed by atoms with van der Waals surface area (Å²) in [6, 6.07) is 13.9. The third-order valence-electron chi connectivity index (χ3n) is 4.54. The van der Waals surface area contributed by atoms with E-state index in [1.54, 1.807) is 16.7 Å². The lowest BCUT2D eigenvalue weighted by molar-refractivity contribution is 0.684. The first-order chi connectivity index (χ1) is 8.92. The largest absolute Gasteiger partial charge is 0.0620 e. The molecule has 0 nitrogen and oxygen atoms in total. The number of aryl methyl sites for hydroxylation is 4. The minimum absolute atomic E-state index is 1.21. The standard InChI is InChI=1S/C18H18/c1-2-7-15-12-18-16(11-14(15)6-1)10-9-13-5-3-4-8-17(13)18/h3-5,8,11-12H,1-2,6-7,9-10H2. The van der Waals surface area contributed by atoms with Gasteiger partial charge in [-0.25, -0.2) is 0 Å². The zero-order chi connectivity index (χ0) is 11.9. The maximum Gasteiger partial charge on any atom is -0.0146 e. The topological polar surface area (TPSA) is 0 Å². The molecule has 0 unspecified atom stereocenters. The third-order valence-corrected chi connectivity index (χ3v) is 4.54. The Kier molecular flexibility index (Phi) is 2.29. The Morgan fingerprint density at radius 3 is 2.17 bits per heavy atom. The predicted molar refractivity (Wildman–Crippen MR) is 75.9 cm³/mol. The van der Waals surface area contributed by atoms with Crippen molar-refractivity contribution < 1.29 is 0 Å². The fourth-order valence-corrected chi connectivity index (χ4v) is 3.56. The van der Waals surface area contributed by atoms with Gasteiger partial charge in [0.25, 0.3) is 0 Å². The average molecular weight is 234 g/mol. The third kappa shape index (κ3) is 1.52. The van der Waals surface area contributed by atoms with Gasteiger partial charge in [-0.3, -0.25) is 0 Å². The van der Waals surface area contributed by atoms with Gasteiger partial charge in [-0.2, -0.15) is 0 Å². The van der Waals surface area contributed by atoms with Crippen molar-refractivity contribution in [2.45, 2.75) is 38.5 Å². The highest BCUT2D eigenvalue weighted by molar-refractivity contribution is 5.74. The van der Waals surface area contributed by atoms with Gasteiger partial charge in [-0.15, -0.1) is 0 Å². The van der Waals surface area contributed by atoms with Crippen LogP contribution in [0, 0.1) is 0 Å². The Balaban J connectivity index is 1.93. The molecule has 0 heterocycles. The molecule has 18 heavy (non-hydrogen) atoms. The van der Waals surface area contributed by atoms with E-state index in [0.29, 0.717) is 0 Å². The van der Waals surface area contributed by atoms with E-state index in [2.05, 4.69) is 36.4 Å². The van der Waals surface area contributed by atoms with Crippen molar-refractivity contribution in [3.8, 4) is 11.1 Å². The SMILES string of the molecule is c1ccc2c(c1)CCc1cc3c(cc1-2)CCCC3. The van der Waals surface area contributed by atoms with Crippen molar-refractivity contribution in [2.24, 2.45) is 0 Å². The molecule has 0 radical (unpaired) electrons. The minimum Gasteiger partial charge on any atom is -0.0620 e. The van der Waals surface area contributed by atoms with Crippen molar-refractivity contribution >= 4 is 0 Å². The van der Waals surface area contributed by atoms with Gasteiger partial charge >= 0.3 is 0 Å². The van der Waals surface area contributed by atoms with Gasteiger partial charge in [-0.1, -0.05) is 36.4 Å². The number of hydrogen-bond acceptors (Lipinski definition) is 0. The van der Waals surface area contributed by atoms with E-state index >= 15 is 0 Å². The van der Waals surface area contributed by atoms with E-state index < -0.39 is 0 Å². The molecular weight excluding hydrogens is 216 g/mol. The van der Waals surface area contributed by atoms with Crippen LogP contribution in [0.15, 0.2) is 36.4 Å². The fraction of sp³-hybridized carbons (Fsp3) is 0.333. The molecule has 2 aromatic rings. The molecule has 90 valence electrons. The van der Waals surface area contributed by atoms with Gasteiger partial charge < -0.3 is 0 Å². The van der Waals surface area contributed by atoms with Gasteiger partial charge in [0.1, 0.15) is 0 Å². The molecular formula is C18H18. The Hall–Kier alpha value is -1.56. The molecule has 0 N–H and O–H groups in total. The highest BCUT2D eigenvalue weighted by Gasteiger charge is 2.19. The summed E-state index contributed by atoms with van der Waals surface area (Å²) >= 11 is 0. The van der Waals surface area contributed by atoms with Crippen LogP contribution in [0.3, 0.4) is 0 Å². The van der Waals surface area contributed by atoms with Gasteiger partial charge in [0.2, 0.25) is 0 Å². The lowest BCUT2D eigenvalue weighted by Crippen LogP contribution is -2.09. The molecule has 0 fully saturated rings. The molecule has 2 aliphatic carbocycles. The quantitative estimate of drug-likeness (QED) is 0.636. The van der Waals surface area contributed by atoms with E-state index in [4.69, 9.17) is 0 Å². The van der Waals surface area contributed by atoms with Gasteiger partial charge in [0.15, 0.2) is 0 Å². The van der Waals surface area contributed by atoms with Crippen LogP contribution >= 0.6 is 0 Å². The summed E-state index contributed by atoms with van der Waals surface area (Å²) in [4.78, 5) is 0. The van der Waals surface area contributed by atoms with Gasteiger partial charge in [0, 0.05) is 0 Å². The molecule has 0 bridgehead atoms. The molecule has 0 amide bonds. The van der Waals surface area contributed by atoms with Crippen molar-refractivity contribution in [3.05, 3.63) is 58.7 Å². The molecule has 2 aliphatic rings. The maximum atomic E-state index is 2.50. The first-order valence-corrected chi connectivity index (χ1v) is 7.15. The maximum absolute atomic E-state index is 2.50. The molecule has 4 rings (SSSR count). The zero-order valence-corrected chi connectivity index (χ0v) is 10.7. The lowest BCUT2D eigenvalue weighted by Gasteiger charge is -2.24. The van der Waals surface area contributed by atoms with E-state index in [1.807, 2.05) is 0 Å². The summed E-state index contributed by atoms with van der Waals surface area (Å²) in [6.45, 7) is 0. The summed E-state index contributed by atoms with van der Waals surface area (Å²) in [6.07, 6.45) is 7.76. The second kappa shape index (κ2) is 3.98. The van der Waals surface area contributed by atoms with Crippen molar-refractivity contribution in [2.75, 3.05) is 0 Å². The van der Waals surface area contributed by atoms with E-state index in [1.165, 1.54) is 55.2 Å². The summed E-state index contributed by atoms with van der Waals surface area (Å²) < 4.78 is 0. The number of rotatable bonds is 0. The van der Waals surface area contributed by atoms with Gasteiger partial charge in [-0.05, 0) is 71.9 Å². The normalized spacial score (nSPS) is 16.7. The summed E-state index contributed by atoms with van der Waals surface area (Å²) in [7, 11) is 0. The number of benzene rings is 2. The number of fused-ring (bicyclic) bond motifs is 4. The molecule has 0 aliphatic heterocycles. The Bertz CT molecular complexity index is 607. The summed E-state index contributed by atoms with van der Waals surface area (Å²) in [5, 5.41) is 0. The Morgan fingerprint density at radius 2 is 1.28 bits per heavy atom. The van der Waals surface area contributed by atoms with Crippen molar-refractivity contribution in [3.63, 3.8) is 0 Å². The molecule has 0 saturated carbocycles. The second-order valence-corrected chi connectivity index (χ2v) is 5.64. The first kappa shape index (κ1) is 10.4. The second-order valence-electron chi connectivity index (χ2n) is 5.64. The molecule has 0 atom stereocenters. The average Bonchev–Trinajstić information content (AvgIpc) is 2.45. The monoisotopic (exact) mass is 234 g/mol. The molecule has 2 aromatic carbocycles. The minimum atomic E-state index is 1.21. The van der Waals surface area contributed by atoms with Crippen LogP contribution in [0.2, 0.25) is 0 Å². The van der Waals surface area contributed by atoms with E-state index in [-0.39, 0.29) is 0 Å². The Morgan fingerprint density at radius 1 is 0.556 bits per heavy atom. The highest BCUT2D eigenvalue weighted by Crippen LogP contribution is 2.36. The fourth-order valence-electron chi connectivity index (χ4n) is 3.56. The van der Waals surface area contributed by atoms with Crippen LogP contribution < -0.4 is 0 Å². The van der Waals surface area contributed by atoms with E-state index in [9.17, 15) is 0 Å². The molecule has 0 heteroatoms. The predicted octanol–water partition coefficient (Wildman–Crippen LogP) is 4.33. The van der Waals surface area contributed by atoms with Crippen LogP contribution in [0.25, 0.3) is 11.1 Å². The van der Waals surface area contributed by atoms with Crippen molar-refractivity contribution in [1.82, 2.24) is 0 Å². The Labute approximate surface area is 109 Å². The molecule has 0 aromatic heterocycles. The summed E-state index contributed by atoms with van der Waals surface area (Å²) in [5.74, 6) is 0. The van der Waals surface area contributed by atoms with Crippen LogP contribution in [0.1, 0.15) is 35.1 Å². The van der Waals surface area contributed by atoms with Crippen LogP contribution in [0.5, 0.6) is 0 Å². The smallest absolute Gasteiger partial charge is 0.0146 e. The van der Waals surface area contributed by atoms with Crippen LogP contribution in [-0.4, -0.2) is 0 Å². The van der Waals surface area contributed by atoms with Crippen molar-refractivity contribution in [1.29, 1.82) is 0 Å². The first-order valence-electron chi connectivity index (χ1n) is 7.15. The van der Waals surface area contributed by atoms with E-state index in [0.717, 1.165) is 0 Å². The summed E-state index contributed by atoms with van der Waals surface area (Å²) in [5.41, 5.74) is 9.33. The zero-order valence-electron chi connectivity index (χ0n) is 10.7. The highest BCUT2D eigenvalue weighted by atomic mass is 14.2.